The van der Waals surface area contributed by atoms with Crippen molar-refractivity contribution in [3.63, 3.8) is 0 Å². The second-order valence-corrected chi connectivity index (χ2v) is 13.9. The highest BCUT2D eigenvalue weighted by molar-refractivity contribution is 6.20. The average molecular weight is 785 g/mol. The number of aliphatic hydroxyl groups is 1. The Balaban J connectivity index is 1.25. The lowest BCUT2D eigenvalue weighted by Crippen LogP contribution is -2.45. The number of carbonyl (C=O) groups excluding carboxylic acids is 5. The summed E-state index contributed by atoms with van der Waals surface area (Å²) in [6.07, 6.45) is -7.45. The van der Waals surface area contributed by atoms with Gasteiger partial charge in [0.15, 0.2) is 24.7 Å². The number of amides is 3. The van der Waals surface area contributed by atoms with E-state index in [9.17, 15) is 48.3 Å². The Morgan fingerprint density at radius 3 is 1.89 bits per heavy atom. The highest BCUT2D eigenvalue weighted by Gasteiger charge is 2.53. The maximum absolute atomic E-state index is 13.8. The molecule has 0 radical (unpaired) electrons. The van der Waals surface area contributed by atoms with Gasteiger partial charge in [0.2, 0.25) is 0 Å². The van der Waals surface area contributed by atoms with Gasteiger partial charge in [-0.25, -0.2) is 19.9 Å². The van der Waals surface area contributed by atoms with Crippen LogP contribution in [0, 0.1) is 11.8 Å². The van der Waals surface area contributed by atoms with Gasteiger partial charge in [-0.2, -0.15) is 0 Å². The van der Waals surface area contributed by atoms with Crippen LogP contribution in [0.25, 0.3) is 0 Å². The normalized spacial score (nSPS) is 25.9. The number of rotatable bonds is 11. The number of benzene rings is 1. The summed E-state index contributed by atoms with van der Waals surface area (Å²) < 4.78 is 24.3. The van der Waals surface area contributed by atoms with Crippen LogP contribution in [0.5, 0.6) is 0 Å². The molecule has 0 saturated carbocycles. The first kappa shape index (κ1) is 39.6. The standard InChI is InChI=1S/C34H36N6O16/c1-15(41)53-24-19(14-52-40-27(46)16-7-5-6-8-17(16)28(40)47)23(54-30(24)39-12-10-21(43)36-33(39)50)26(45)37-51-13-18-22(44)29(38-11-9-20(42)35-32(38)49)55-25(18)31(48)56-34(2,3)4/h5-12,18-19,22-25,29-30,44H,13-14H2,1-4H3,(H,37,45)(H,35,42,49)(H,36,43,50)/t18-,19+,22+,23-,24+,25-,29+,30+/m0/s1. The quantitative estimate of drug-likeness (QED) is 0.0931. The molecule has 2 fully saturated rings. The summed E-state index contributed by atoms with van der Waals surface area (Å²) in [7, 11) is 0. The fourth-order valence-corrected chi connectivity index (χ4v) is 6.41. The molecule has 3 aliphatic rings. The Bertz CT molecular complexity index is 2260. The van der Waals surface area contributed by atoms with E-state index in [-0.39, 0.29) is 11.1 Å². The van der Waals surface area contributed by atoms with Crippen molar-refractivity contribution in [3.8, 4) is 0 Å². The number of imide groups is 1. The van der Waals surface area contributed by atoms with Gasteiger partial charge in [-0.05, 0) is 32.9 Å². The Kier molecular flexibility index (Phi) is 11.0. The molecule has 0 aliphatic carbocycles. The molecular weight excluding hydrogens is 748 g/mol. The van der Waals surface area contributed by atoms with Gasteiger partial charge >= 0.3 is 23.3 Å². The summed E-state index contributed by atoms with van der Waals surface area (Å²) in [4.78, 5) is 129. The Hall–Kier alpha value is -6.07. The molecule has 2 aromatic heterocycles. The van der Waals surface area contributed by atoms with Crippen LogP contribution < -0.4 is 28.0 Å². The fourth-order valence-electron chi connectivity index (χ4n) is 6.41. The molecular formula is C34H36N6O16. The number of aromatic amines is 2. The number of aliphatic hydroxyl groups excluding tert-OH is 1. The molecule has 8 atom stereocenters. The zero-order valence-electron chi connectivity index (χ0n) is 30.1. The third-order valence-electron chi connectivity index (χ3n) is 8.84. The predicted molar refractivity (Wildman–Crippen MR) is 182 cm³/mol. The number of hydrogen-bond donors (Lipinski definition) is 4. The van der Waals surface area contributed by atoms with Gasteiger partial charge < -0.3 is 24.1 Å². The summed E-state index contributed by atoms with van der Waals surface area (Å²) in [5.74, 6) is -7.22. The highest BCUT2D eigenvalue weighted by Crippen LogP contribution is 2.38. The van der Waals surface area contributed by atoms with Crippen LogP contribution in [0.3, 0.4) is 0 Å². The van der Waals surface area contributed by atoms with Crippen molar-refractivity contribution in [2.24, 2.45) is 11.8 Å². The lowest BCUT2D eigenvalue weighted by Gasteiger charge is -2.25. The largest absolute Gasteiger partial charge is 0.458 e. The second-order valence-electron chi connectivity index (χ2n) is 13.9. The lowest BCUT2D eigenvalue weighted by atomic mass is 9.98. The Morgan fingerprint density at radius 2 is 1.36 bits per heavy atom. The van der Waals surface area contributed by atoms with Gasteiger partial charge in [-0.1, -0.05) is 12.1 Å². The number of fused-ring (bicyclic) bond motifs is 1. The van der Waals surface area contributed by atoms with Crippen LogP contribution >= 0.6 is 0 Å². The van der Waals surface area contributed by atoms with E-state index in [2.05, 4.69) is 5.48 Å². The third kappa shape index (κ3) is 7.99. The maximum Gasteiger partial charge on any atom is 0.336 e. The van der Waals surface area contributed by atoms with E-state index < -0.39 is 120 Å². The number of esters is 2. The molecule has 0 spiro atoms. The van der Waals surface area contributed by atoms with Crippen LogP contribution in [0.1, 0.15) is 60.9 Å². The molecule has 56 heavy (non-hydrogen) atoms. The fraction of sp³-hybridized carbons (Fsp3) is 0.441. The SMILES string of the molecule is CC(=O)O[C@@H]1[C@H](CON2C(=O)c3ccccc3C2=O)[C@@H](C(=O)NOC[C@H]2[C@@H](O)[C@H](n3ccc(=O)[nH]c3=O)O[C@@H]2C(=O)OC(C)(C)C)O[C@H]1n1ccc(=O)[nH]c1=O. The number of hydroxylamine groups is 3. The lowest BCUT2D eigenvalue weighted by molar-refractivity contribution is -0.173. The molecule has 2 saturated heterocycles. The summed E-state index contributed by atoms with van der Waals surface area (Å²) >= 11 is 0. The van der Waals surface area contributed by atoms with Crippen molar-refractivity contribution in [2.75, 3.05) is 13.2 Å². The summed E-state index contributed by atoms with van der Waals surface area (Å²) in [5.41, 5.74) is -2.24. The molecule has 22 heteroatoms. The molecule has 1 aromatic carbocycles. The molecule has 298 valence electrons. The van der Waals surface area contributed by atoms with Gasteiger partial charge in [-0.15, -0.1) is 5.06 Å². The van der Waals surface area contributed by atoms with Gasteiger partial charge in [0.1, 0.15) is 17.8 Å². The van der Waals surface area contributed by atoms with Crippen LogP contribution in [0.4, 0.5) is 0 Å². The van der Waals surface area contributed by atoms with Crippen molar-refractivity contribution in [2.45, 2.75) is 70.2 Å². The first-order valence-corrected chi connectivity index (χ1v) is 17.0. The van der Waals surface area contributed by atoms with Crippen LogP contribution in [-0.2, 0) is 43.0 Å². The molecule has 3 aliphatic heterocycles. The van der Waals surface area contributed by atoms with Crippen LogP contribution in [0.2, 0.25) is 0 Å². The number of nitrogens with zero attached hydrogens (tertiary/aromatic N) is 3. The average Bonchev–Trinajstić information content (AvgIpc) is 3.71. The molecule has 4 N–H and O–H groups in total. The van der Waals surface area contributed by atoms with E-state index >= 15 is 0 Å². The summed E-state index contributed by atoms with van der Waals surface area (Å²) in [5, 5.41) is 11.7. The van der Waals surface area contributed by atoms with Gasteiger partial charge in [0.25, 0.3) is 28.8 Å². The second kappa shape index (κ2) is 15.6. The topological polar surface area (TPSA) is 286 Å². The summed E-state index contributed by atoms with van der Waals surface area (Å²) in [6, 6.07) is 7.87. The number of carbonyl (C=O) groups is 5. The van der Waals surface area contributed by atoms with Gasteiger partial charge in [0, 0.05) is 31.5 Å². The third-order valence-corrected chi connectivity index (χ3v) is 8.84. The van der Waals surface area contributed by atoms with E-state index in [1.54, 1.807) is 20.8 Å². The molecule has 0 unspecified atom stereocenters. The van der Waals surface area contributed by atoms with E-state index in [0.29, 0.717) is 5.06 Å². The minimum Gasteiger partial charge on any atom is -0.458 e. The number of ether oxygens (including phenoxy) is 4. The van der Waals surface area contributed by atoms with E-state index in [1.807, 2.05) is 9.97 Å². The van der Waals surface area contributed by atoms with E-state index in [4.69, 9.17) is 28.6 Å². The molecule has 6 rings (SSSR count). The van der Waals surface area contributed by atoms with Crippen molar-refractivity contribution in [1.29, 1.82) is 0 Å². The summed E-state index contributed by atoms with van der Waals surface area (Å²) in [6.45, 7) is 4.45. The predicted octanol–water partition coefficient (Wildman–Crippen LogP) is -1.98. The zero-order valence-corrected chi connectivity index (χ0v) is 30.1. The first-order valence-electron chi connectivity index (χ1n) is 17.0. The Morgan fingerprint density at radius 1 is 0.804 bits per heavy atom. The number of hydrogen-bond acceptors (Lipinski definition) is 16. The van der Waals surface area contributed by atoms with Crippen LogP contribution in [0.15, 0.2) is 68.0 Å². The monoisotopic (exact) mass is 784 g/mol. The maximum atomic E-state index is 13.8. The molecule has 22 nitrogen and oxygen atoms in total. The molecule has 0 bridgehead atoms. The highest BCUT2D eigenvalue weighted by atomic mass is 16.7. The van der Waals surface area contributed by atoms with E-state index in [0.717, 1.165) is 40.6 Å². The zero-order chi connectivity index (χ0) is 40.6. The van der Waals surface area contributed by atoms with Crippen molar-refractivity contribution >= 4 is 29.7 Å². The van der Waals surface area contributed by atoms with Crippen molar-refractivity contribution in [3.05, 3.63) is 102 Å². The number of aromatic nitrogens is 4. The first-order chi connectivity index (χ1) is 26.4. The Labute approximate surface area is 313 Å². The molecule has 3 amide bonds. The van der Waals surface area contributed by atoms with Gasteiger partial charge in [0.05, 0.1) is 36.2 Å². The van der Waals surface area contributed by atoms with Gasteiger partial charge in [-0.3, -0.25) is 57.5 Å². The minimum atomic E-state index is -1.72. The number of nitrogens with one attached hydrogen (secondary N) is 3. The van der Waals surface area contributed by atoms with Crippen molar-refractivity contribution < 1.29 is 57.7 Å². The smallest absolute Gasteiger partial charge is 0.336 e. The van der Waals surface area contributed by atoms with Crippen LogP contribution in [-0.4, -0.2) is 102 Å². The molecule has 3 aromatic rings. The van der Waals surface area contributed by atoms with Crippen molar-refractivity contribution in [1.82, 2.24) is 29.6 Å². The molecule has 5 heterocycles. The number of H-pyrrole nitrogens is 2. The van der Waals surface area contributed by atoms with E-state index in [1.165, 1.54) is 24.3 Å². The minimum absolute atomic E-state index is 0.0486.